The fourth-order valence-electron chi connectivity index (χ4n) is 2.32. The molecule has 0 bridgehead atoms. The Morgan fingerprint density at radius 2 is 2.19 bits per heavy atom. The lowest BCUT2D eigenvalue weighted by Crippen LogP contribution is -2.32. The number of hydrogen-bond acceptors (Lipinski definition) is 6. The number of aliphatic carboxylic acids is 1. The first-order valence-electron chi connectivity index (χ1n) is 8.49. The van der Waals surface area contributed by atoms with Gasteiger partial charge in [-0.15, -0.1) is 6.42 Å². The summed E-state index contributed by atoms with van der Waals surface area (Å²) >= 11 is 1.10. The zero-order valence-corrected chi connectivity index (χ0v) is 16.8. The molecule has 2 atom stereocenters. The van der Waals surface area contributed by atoms with Gasteiger partial charge in [0.2, 0.25) is 10.0 Å². The molecule has 0 aliphatic heterocycles. The number of nitrogens with one attached hydrogen (secondary N) is 1. The molecule has 27 heavy (non-hydrogen) atoms. The van der Waals surface area contributed by atoms with Crippen molar-refractivity contribution in [3.8, 4) is 12.3 Å². The lowest BCUT2D eigenvalue weighted by Gasteiger charge is -2.21. The van der Waals surface area contributed by atoms with Gasteiger partial charge >= 0.3 is 5.97 Å². The lowest BCUT2D eigenvalue weighted by molar-refractivity contribution is -0.138. The van der Waals surface area contributed by atoms with Gasteiger partial charge in [0, 0.05) is 4.91 Å². The van der Waals surface area contributed by atoms with E-state index in [0.717, 1.165) is 31.0 Å². The van der Waals surface area contributed by atoms with Crippen LogP contribution in [0.5, 0.6) is 0 Å². The van der Waals surface area contributed by atoms with Gasteiger partial charge in [0.05, 0.1) is 22.4 Å². The number of primary sulfonamides is 1. The number of aliphatic imine (C=N–C) groups is 1. The van der Waals surface area contributed by atoms with E-state index < -0.39 is 28.0 Å². The number of nitrogens with zero attached hydrogens (tertiary/aromatic N) is 1. The molecule has 148 valence electrons. The van der Waals surface area contributed by atoms with E-state index in [1.54, 1.807) is 6.08 Å². The number of hydrogen-bond donors (Lipinski definition) is 3. The highest BCUT2D eigenvalue weighted by molar-refractivity contribution is 8.16. The van der Waals surface area contributed by atoms with Gasteiger partial charge < -0.3 is 10.4 Å². The number of carboxylic acids is 1. The second-order valence-corrected chi connectivity index (χ2v) is 8.20. The molecule has 0 saturated carbocycles. The van der Waals surface area contributed by atoms with Crippen molar-refractivity contribution >= 4 is 33.3 Å². The predicted molar refractivity (Wildman–Crippen MR) is 111 cm³/mol. The molecule has 0 aromatic carbocycles. The smallest absolute Gasteiger partial charge is 0.314 e. The van der Waals surface area contributed by atoms with Gasteiger partial charge in [-0.1, -0.05) is 55.7 Å². The van der Waals surface area contributed by atoms with Crippen LogP contribution in [-0.2, 0) is 14.8 Å². The average molecular weight is 412 g/mol. The van der Waals surface area contributed by atoms with Crippen molar-refractivity contribution in [3.63, 3.8) is 0 Å². The summed E-state index contributed by atoms with van der Waals surface area (Å²) < 4.78 is 24.3. The highest BCUT2D eigenvalue weighted by Crippen LogP contribution is 2.28. The van der Waals surface area contributed by atoms with E-state index in [1.165, 1.54) is 23.8 Å². The Kier molecular flexibility index (Phi) is 10.1. The molecule has 4 N–H and O–H groups in total. The molecule has 9 heteroatoms. The van der Waals surface area contributed by atoms with Gasteiger partial charge in [-0.05, 0) is 19.0 Å². The third-order valence-electron chi connectivity index (χ3n) is 3.66. The van der Waals surface area contributed by atoms with E-state index >= 15 is 0 Å². The van der Waals surface area contributed by atoms with E-state index in [4.69, 9.17) is 11.6 Å². The Hall–Kier alpha value is -1.86. The largest absolute Gasteiger partial charge is 0.481 e. The van der Waals surface area contributed by atoms with Crippen molar-refractivity contribution in [2.75, 3.05) is 13.1 Å². The van der Waals surface area contributed by atoms with Crippen LogP contribution in [0.2, 0.25) is 0 Å². The number of terminal acetylenes is 1. The molecule has 0 fully saturated rings. The SMILES string of the molecule is C#CCN=CS/C1=C(\S(N)(=O)=O)C=CC(C(=O)O)C=CC1NCCCCC. The van der Waals surface area contributed by atoms with Gasteiger partial charge in [0.1, 0.15) is 6.54 Å². The molecule has 1 aliphatic carbocycles. The normalized spacial score (nSPS) is 23.1. The predicted octanol–water partition coefficient (Wildman–Crippen LogP) is 1.86. The standard InChI is InChI=1S/C18H25N3O4S2/c1-3-5-6-12-21-15-9-7-14(18(22)23)8-10-16(27(19,24)25)17(15)26-13-20-11-4-2/h2,7-10,13-15,21H,3,5-6,11-12H2,1H3,(H,22,23)(H2,19,24,25)/b9-7?,10-8?,17-16-,20-13?. The summed E-state index contributed by atoms with van der Waals surface area (Å²) in [5, 5.41) is 17.9. The Bertz CT molecular complexity index is 777. The summed E-state index contributed by atoms with van der Waals surface area (Å²) in [6.07, 6.45) is 13.9. The van der Waals surface area contributed by atoms with Gasteiger partial charge in [0.15, 0.2) is 0 Å². The fourth-order valence-corrected chi connectivity index (χ4v) is 4.24. The lowest BCUT2D eigenvalue weighted by atomic mass is 10.0. The maximum Gasteiger partial charge on any atom is 0.314 e. The molecule has 7 nitrogen and oxygen atoms in total. The van der Waals surface area contributed by atoms with Gasteiger partial charge in [-0.2, -0.15) is 0 Å². The third-order valence-corrected chi connectivity index (χ3v) is 5.74. The Balaban J connectivity index is 3.32. The number of carbonyl (C=O) groups is 1. The first-order chi connectivity index (χ1) is 12.8. The zero-order valence-electron chi connectivity index (χ0n) is 15.2. The minimum Gasteiger partial charge on any atom is -0.481 e. The molecule has 1 rings (SSSR count). The quantitative estimate of drug-likeness (QED) is 0.166. The number of carboxylic acid groups (broad SMARTS) is 1. The molecule has 0 spiro atoms. The summed E-state index contributed by atoms with van der Waals surface area (Å²) in [6, 6.07) is -0.510. The number of allylic oxidation sites excluding steroid dienone is 1. The fraction of sp³-hybridized carbons (Fsp3) is 0.444. The summed E-state index contributed by atoms with van der Waals surface area (Å²) in [5.41, 5.74) is 1.47. The zero-order chi connectivity index (χ0) is 20.3. The molecule has 2 unspecified atom stereocenters. The molecule has 0 radical (unpaired) electrons. The van der Waals surface area contributed by atoms with Crippen molar-refractivity contribution in [1.29, 1.82) is 0 Å². The minimum absolute atomic E-state index is 0.136. The molecule has 0 amide bonds. The molecular formula is C18H25N3O4S2. The first kappa shape index (κ1) is 23.2. The minimum atomic E-state index is -4.07. The van der Waals surface area contributed by atoms with Crippen LogP contribution in [-0.4, -0.2) is 44.2 Å². The van der Waals surface area contributed by atoms with Crippen LogP contribution in [0, 0.1) is 18.3 Å². The second-order valence-electron chi connectivity index (χ2n) is 5.79. The van der Waals surface area contributed by atoms with Crippen LogP contribution in [0.1, 0.15) is 26.2 Å². The van der Waals surface area contributed by atoms with E-state index in [-0.39, 0.29) is 11.4 Å². The molecule has 1 aliphatic rings. The number of nitrogens with two attached hydrogens (primary N) is 1. The van der Waals surface area contributed by atoms with Crippen LogP contribution < -0.4 is 10.5 Å². The van der Waals surface area contributed by atoms with Gasteiger partial charge in [0.25, 0.3) is 0 Å². The highest BCUT2D eigenvalue weighted by atomic mass is 32.2. The Morgan fingerprint density at radius 1 is 1.44 bits per heavy atom. The van der Waals surface area contributed by atoms with Crippen LogP contribution in [0.25, 0.3) is 0 Å². The van der Waals surface area contributed by atoms with Gasteiger partial charge in [-0.25, -0.2) is 13.6 Å². The van der Waals surface area contributed by atoms with E-state index in [2.05, 4.69) is 23.2 Å². The van der Waals surface area contributed by atoms with E-state index in [0.29, 0.717) is 11.4 Å². The first-order valence-corrected chi connectivity index (χ1v) is 10.9. The van der Waals surface area contributed by atoms with Crippen LogP contribution >= 0.6 is 11.8 Å². The molecule has 0 aromatic heterocycles. The number of unbranched alkanes of at least 4 members (excludes halogenated alkanes) is 2. The average Bonchev–Trinajstić information content (AvgIpc) is 2.57. The number of rotatable bonds is 10. The van der Waals surface area contributed by atoms with E-state index in [9.17, 15) is 18.3 Å². The van der Waals surface area contributed by atoms with Crippen LogP contribution in [0.4, 0.5) is 0 Å². The Morgan fingerprint density at radius 3 is 2.78 bits per heavy atom. The maximum atomic E-state index is 12.1. The second kappa shape index (κ2) is 11.8. The summed E-state index contributed by atoms with van der Waals surface area (Å²) in [7, 11) is -4.07. The van der Waals surface area contributed by atoms with Gasteiger partial charge in [-0.3, -0.25) is 9.79 Å². The van der Waals surface area contributed by atoms with E-state index in [1.807, 2.05) is 0 Å². The number of thioether (sulfide) groups is 1. The van der Waals surface area contributed by atoms with Crippen molar-refractivity contribution in [2.24, 2.45) is 16.0 Å². The third kappa shape index (κ3) is 8.13. The summed E-state index contributed by atoms with van der Waals surface area (Å²) in [4.78, 5) is 15.6. The summed E-state index contributed by atoms with van der Waals surface area (Å²) in [6.45, 7) is 2.90. The monoisotopic (exact) mass is 411 g/mol. The summed E-state index contributed by atoms with van der Waals surface area (Å²) in [5.74, 6) is 0.350. The Labute approximate surface area is 164 Å². The van der Waals surface area contributed by atoms with Crippen molar-refractivity contribution in [2.45, 2.75) is 32.2 Å². The van der Waals surface area contributed by atoms with Crippen LogP contribution in [0.15, 0.2) is 39.1 Å². The number of sulfonamides is 1. The van der Waals surface area contributed by atoms with Crippen molar-refractivity contribution < 1.29 is 18.3 Å². The topological polar surface area (TPSA) is 122 Å². The van der Waals surface area contributed by atoms with Crippen molar-refractivity contribution in [1.82, 2.24) is 5.32 Å². The maximum absolute atomic E-state index is 12.1. The van der Waals surface area contributed by atoms with Crippen LogP contribution in [0.3, 0.4) is 0 Å². The molecular weight excluding hydrogens is 386 g/mol. The highest BCUT2D eigenvalue weighted by Gasteiger charge is 2.25. The molecule has 0 heterocycles. The molecule has 0 saturated heterocycles. The van der Waals surface area contributed by atoms with Crippen molar-refractivity contribution in [3.05, 3.63) is 34.1 Å². The molecule has 0 aromatic rings.